The molecule has 2 fully saturated rings. The number of primary amides is 1. The predicted molar refractivity (Wildman–Crippen MR) is 65.7 cm³/mol. The Kier molecular flexibility index (Phi) is 4.19. The standard InChI is InChI=1S/C12H21N3O3/c1-8-10(3-5-18-8)12(17)15(7-11(13)16)9-2-4-14-6-9/h8-10,14H,2-7H2,1H3,(H2,13,16). The van der Waals surface area contributed by atoms with Gasteiger partial charge in [-0.15, -0.1) is 0 Å². The third kappa shape index (κ3) is 2.81. The van der Waals surface area contributed by atoms with Crippen molar-refractivity contribution in [1.82, 2.24) is 10.2 Å². The average molecular weight is 255 g/mol. The van der Waals surface area contributed by atoms with Crippen LogP contribution in [0.15, 0.2) is 0 Å². The van der Waals surface area contributed by atoms with Crippen LogP contribution in [0.5, 0.6) is 0 Å². The number of carbonyl (C=O) groups is 2. The molecule has 2 aliphatic heterocycles. The normalized spacial score (nSPS) is 31.5. The highest BCUT2D eigenvalue weighted by Gasteiger charge is 2.37. The molecule has 0 aromatic carbocycles. The molecule has 2 heterocycles. The molecule has 0 saturated carbocycles. The smallest absolute Gasteiger partial charge is 0.237 e. The van der Waals surface area contributed by atoms with Crippen molar-refractivity contribution in [3.8, 4) is 0 Å². The van der Waals surface area contributed by atoms with Crippen LogP contribution in [0.4, 0.5) is 0 Å². The number of rotatable bonds is 4. The Bertz CT molecular complexity index is 329. The third-order valence-electron chi connectivity index (χ3n) is 3.78. The second-order valence-corrected chi connectivity index (χ2v) is 5.05. The van der Waals surface area contributed by atoms with Gasteiger partial charge in [-0.3, -0.25) is 9.59 Å². The number of amides is 2. The summed E-state index contributed by atoms with van der Waals surface area (Å²) in [5.74, 6) is -0.584. The molecule has 3 N–H and O–H groups in total. The summed E-state index contributed by atoms with van der Waals surface area (Å²) in [5.41, 5.74) is 5.25. The molecule has 6 heteroatoms. The van der Waals surface area contributed by atoms with E-state index in [0.29, 0.717) is 6.61 Å². The van der Waals surface area contributed by atoms with Crippen LogP contribution in [0, 0.1) is 5.92 Å². The molecular formula is C12H21N3O3. The number of hydrogen-bond acceptors (Lipinski definition) is 4. The van der Waals surface area contributed by atoms with Crippen molar-refractivity contribution < 1.29 is 14.3 Å². The summed E-state index contributed by atoms with van der Waals surface area (Å²) in [5, 5.41) is 3.21. The molecule has 102 valence electrons. The lowest BCUT2D eigenvalue weighted by atomic mass is 9.99. The van der Waals surface area contributed by atoms with E-state index in [9.17, 15) is 9.59 Å². The molecule has 2 aliphatic rings. The van der Waals surface area contributed by atoms with Crippen LogP contribution in [-0.2, 0) is 14.3 Å². The van der Waals surface area contributed by atoms with E-state index in [4.69, 9.17) is 10.5 Å². The lowest BCUT2D eigenvalue weighted by Crippen LogP contribution is -2.49. The van der Waals surface area contributed by atoms with Crippen molar-refractivity contribution in [3.63, 3.8) is 0 Å². The summed E-state index contributed by atoms with van der Waals surface area (Å²) in [7, 11) is 0. The van der Waals surface area contributed by atoms with E-state index in [1.165, 1.54) is 0 Å². The SMILES string of the molecule is CC1OCCC1C(=O)N(CC(N)=O)C1CCNC1. The molecule has 2 rings (SSSR count). The Balaban J connectivity index is 2.06. The minimum absolute atomic E-state index is 0.00694. The number of nitrogens with zero attached hydrogens (tertiary/aromatic N) is 1. The van der Waals surface area contributed by atoms with Crippen LogP contribution < -0.4 is 11.1 Å². The molecule has 0 radical (unpaired) electrons. The van der Waals surface area contributed by atoms with Gasteiger partial charge in [-0.05, 0) is 26.3 Å². The fourth-order valence-electron chi connectivity index (χ4n) is 2.73. The van der Waals surface area contributed by atoms with Crippen molar-refractivity contribution >= 4 is 11.8 Å². The Labute approximate surface area is 107 Å². The zero-order valence-electron chi connectivity index (χ0n) is 10.7. The van der Waals surface area contributed by atoms with E-state index in [1.54, 1.807) is 4.90 Å². The minimum atomic E-state index is -0.457. The van der Waals surface area contributed by atoms with Crippen LogP contribution in [0.25, 0.3) is 0 Å². The van der Waals surface area contributed by atoms with Gasteiger partial charge in [0.2, 0.25) is 11.8 Å². The van der Waals surface area contributed by atoms with Gasteiger partial charge in [-0.25, -0.2) is 0 Å². The van der Waals surface area contributed by atoms with Crippen LogP contribution in [-0.4, -0.2) is 55.1 Å². The number of ether oxygens (including phenoxy) is 1. The molecule has 0 aromatic rings. The zero-order valence-corrected chi connectivity index (χ0v) is 10.7. The lowest BCUT2D eigenvalue weighted by Gasteiger charge is -2.30. The molecule has 3 unspecified atom stereocenters. The predicted octanol–water partition coefficient (Wildman–Crippen LogP) is -0.913. The van der Waals surface area contributed by atoms with Gasteiger partial charge in [0.25, 0.3) is 0 Å². The fourth-order valence-corrected chi connectivity index (χ4v) is 2.73. The second kappa shape index (κ2) is 5.67. The molecule has 18 heavy (non-hydrogen) atoms. The first-order chi connectivity index (χ1) is 8.59. The van der Waals surface area contributed by atoms with Crippen molar-refractivity contribution in [2.24, 2.45) is 11.7 Å². The zero-order chi connectivity index (χ0) is 13.1. The van der Waals surface area contributed by atoms with Crippen molar-refractivity contribution in [1.29, 1.82) is 0 Å². The van der Waals surface area contributed by atoms with E-state index in [-0.39, 0.29) is 30.5 Å². The Morgan fingerprint density at radius 3 is 2.72 bits per heavy atom. The summed E-state index contributed by atoms with van der Waals surface area (Å²) >= 11 is 0. The number of nitrogens with one attached hydrogen (secondary N) is 1. The highest BCUT2D eigenvalue weighted by atomic mass is 16.5. The van der Waals surface area contributed by atoms with Crippen LogP contribution >= 0.6 is 0 Å². The molecule has 0 aromatic heterocycles. The second-order valence-electron chi connectivity index (χ2n) is 5.05. The van der Waals surface area contributed by atoms with Crippen molar-refractivity contribution in [3.05, 3.63) is 0 Å². The molecular weight excluding hydrogens is 234 g/mol. The first-order valence-electron chi connectivity index (χ1n) is 6.50. The minimum Gasteiger partial charge on any atom is -0.378 e. The Morgan fingerprint density at radius 1 is 1.44 bits per heavy atom. The van der Waals surface area contributed by atoms with E-state index in [2.05, 4.69) is 5.32 Å². The summed E-state index contributed by atoms with van der Waals surface area (Å²) in [6.07, 6.45) is 1.54. The van der Waals surface area contributed by atoms with Gasteiger partial charge in [-0.2, -0.15) is 0 Å². The number of carbonyl (C=O) groups excluding carboxylic acids is 2. The summed E-state index contributed by atoms with van der Waals surface area (Å²) in [4.78, 5) is 25.3. The van der Waals surface area contributed by atoms with Crippen molar-refractivity contribution in [2.75, 3.05) is 26.2 Å². The Hall–Kier alpha value is -1.14. The van der Waals surface area contributed by atoms with Gasteiger partial charge in [-0.1, -0.05) is 0 Å². The molecule has 2 saturated heterocycles. The number of hydrogen-bond donors (Lipinski definition) is 2. The monoisotopic (exact) mass is 255 g/mol. The number of nitrogens with two attached hydrogens (primary N) is 1. The molecule has 6 nitrogen and oxygen atoms in total. The summed E-state index contributed by atoms with van der Waals surface area (Å²) in [6, 6.07) is 0.0813. The van der Waals surface area contributed by atoms with E-state index < -0.39 is 5.91 Å². The highest BCUT2D eigenvalue weighted by Crippen LogP contribution is 2.24. The quantitative estimate of drug-likeness (QED) is 0.681. The summed E-state index contributed by atoms with van der Waals surface area (Å²) < 4.78 is 5.43. The molecule has 3 atom stereocenters. The molecule has 0 bridgehead atoms. The first kappa shape index (κ1) is 13.3. The van der Waals surface area contributed by atoms with Crippen LogP contribution in [0.1, 0.15) is 19.8 Å². The third-order valence-corrected chi connectivity index (χ3v) is 3.78. The van der Waals surface area contributed by atoms with E-state index in [1.807, 2.05) is 6.92 Å². The van der Waals surface area contributed by atoms with Gasteiger partial charge < -0.3 is 20.7 Å². The topological polar surface area (TPSA) is 84.7 Å². The molecule has 0 spiro atoms. The highest BCUT2D eigenvalue weighted by molar-refractivity contribution is 5.85. The Morgan fingerprint density at radius 2 is 2.22 bits per heavy atom. The largest absolute Gasteiger partial charge is 0.378 e. The average Bonchev–Trinajstić information content (AvgIpc) is 2.95. The van der Waals surface area contributed by atoms with Crippen molar-refractivity contribution in [2.45, 2.75) is 31.9 Å². The maximum atomic E-state index is 12.5. The van der Waals surface area contributed by atoms with E-state index in [0.717, 1.165) is 25.9 Å². The van der Waals surface area contributed by atoms with Gasteiger partial charge in [0.1, 0.15) is 0 Å². The summed E-state index contributed by atoms with van der Waals surface area (Å²) in [6.45, 7) is 4.15. The maximum absolute atomic E-state index is 12.5. The van der Waals surface area contributed by atoms with Crippen LogP contribution in [0.3, 0.4) is 0 Å². The molecule has 2 amide bonds. The molecule has 0 aliphatic carbocycles. The van der Waals surface area contributed by atoms with Gasteiger partial charge in [0.15, 0.2) is 0 Å². The van der Waals surface area contributed by atoms with E-state index >= 15 is 0 Å². The lowest BCUT2D eigenvalue weighted by molar-refractivity contribution is -0.142. The first-order valence-corrected chi connectivity index (χ1v) is 6.50. The van der Waals surface area contributed by atoms with Gasteiger partial charge >= 0.3 is 0 Å². The fraction of sp³-hybridized carbons (Fsp3) is 0.833. The van der Waals surface area contributed by atoms with Gasteiger partial charge in [0, 0.05) is 19.2 Å². The van der Waals surface area contributed by atoms with Gasteiger partial charge in [0.05, 0.1) is 18.6 Å². The maximum Gasteiger partial charge on any atom is 0.237 e. The van der Waals surface area contributed by atoms with Crippen LogP contribution in [0.2, 0.25) is 0 Å².